The third kappa shape index (κ3) is 3.90. The fraction of sp³-hybridized carbons (Fsp3) is 0.364. The minimum Gasteiger partial charge on any atom is -0.298 e. The Morgan fingerprint density at radius 1 is 0.700 bits per heavy atom. The van der Waals surface area contributed by atoms with E-state index in [4.69, 9.17) is 0 Å². The monoisotopic (exact) mass is 480 g/mol. The van der Waals surface area contributed by atoms with E-state index >= 15 is 0 Å². The average molecular weight is 481 g/mol. The first-order valence-electron chi connectivity index (χ1n) is 9.50. The van der Waals surface area contributed by atoms with E-state index in [1.165, 1.54) is 0 Å². The van der Waals surface area contributed by atoms with Crippen LogP contribution in [0, 0.1) is 0 Å². The Kier molecular flexibility index (Phi) is 5.50. The number of hydrogen-bond donors (Lipinski definition) is 0. The zero-order valence-corrected chi connectivity index (χ0v) is 21.5. The van der Waals surface area contributed by atoms with Crippen LogP contribution in [0.4, 0.5) is 0 Å². The van der Waals surface area contributed by atoms with Gasteiger partial charge in [-0.05, 0) is 60.4 Å². The molecule has 2 aliphatic rings. The lowest BCUT2D eigenvalue weighted by Crippen LogP contribution is -2.32. The zero-order chi connectivity index (χ0) is 21.8. The molecule has 2 aromatic heterocycles. The fourth-order valence-corrected chi connectivity index (χ4v) is 7.37. The second-order valence-corrected chi connectivity index (χ2v) is 20.1. The summed E-state index contributed by atoms with van der Waals surface area (Å²) in [5.41, 5.74) is 2.80. The zero-order valence-electron chi connectivity index (χ0n) is 18.2. The average Bonchev–Trinajstić information content (AvgIpc) is 3.37. The molecule has 8 heteroatoms. The maximum atomic E-state index is 13.8. The predicted molar refractivity (Wildman–Crippen MR) is 137 cm³/mol. The first-order valence-corrected chi connectivity index (χ1v) is 17.3. The van der Waals surface area contributed by atoms with Crippen molar-refractivity contribution in [3.8, 4) is 0 Å². The fourth-order valence-electron chi connectivity index (χ4n) is 3.76. The lowest BCUT2D eigenvalue weighted by molar-refractivity contribution is -0.123. The first kappa shape index (κ1) is 21.7. The van der Waals surface area contributed by atoms with Crippen molar-refractivity contribution in [1.82, 2.24) is 9.80 Å². The van der Waals surface area contributed by atoms with Crippen LogP contribution in [0.25, 0.3) is 11.4 Å². The van der Waals surface area contributed by atoms with Crippen molar-refractivity contribution in [3.05, 3.63) is 55.9 Å². The van der Waals surface area contributed by atoms with E-state index in [2.05, 4.69) is 37.5 Å². The van der Waals surface area contributed by atoms with E-state index in [1.807, 2.05) is 44.8 Å². The summed E-state index contributed by atoms with van der Waals surface area (Å²) < 4.78 is 0. The Labute approximate surface area is 189 Å². The molecule has 2 aliphatic heterocycles. The van der Waals surface area contributed by atoms with E-state index in [-0.39, 0.29) is 11.8 Å². The van der Waals surface area contributed by atoms with Crippen LogP contribution in [0.2, 0.25) is 0 Å². The Morgan fingerprint density at radius 3 is 1.33 bits per heavy atom. The molecule has 0 saturated heterocycles. The van der Waals surface area contributed by atoms with Gasteiger partial charge in [0.1, 0.15) is 0 Å². The van der Waals surface area contributed by atoms with Gasteiger partial charge in [0.2, 0.25) is 0 Å². The number of thiophene rings is 2. The highest BCUT2D eigenvalue weighted by Gasteiger charge is 2.50. The van der Waals surface area contributed by atoms with Gasteiger partial charge in [-0.2, -0.15) is 0 Å². The maximum Gasteiger partial charge on any atom is 0.262 e. The number of carbonyl (C=O) groups excluding carboxylic acids is 2. The molecule has 4 nitrogen and oxygen atoms in total. The second-order valence-electron chi connectivity index (χ2n) is 9.31. The first-order chi connectivity index (χ1) is 14.0. The summed E-state index contributed by atoms with van der Waals surface area (Å²) in [4.78, 5) is 33.3. The van der Waals surface area contributed by atoms with Gasteiger partial charge in [0.05, 0.1) is 44.0 Å². The van der Waals surface area contributed by atoms with Crippen molar-refractivity contribution in [2.24, 2.45) is 0 Å². The summed E-state index contributed by atoms with van der Waals surface area (Å²) in [6.07, 6.45) is 13.2. The molecule has 2 aromatic rings. The molecule has 0 atom stereocenters. The predicted octanol–water partition coefficient (Wildman–Crippen LogP) is 4.92. The van der Waals surface area contributed by atoms with Crippen LogP contribution in [0.3, 0.4) is 0 Å². The van der Waals surface area contributed by atoms with Gasteiger partial charge in [-0.25, -0.2) is 20.1 Å². The van der Waals surface area contributed by atoms with Gasteiger partial charge in [-0.1, -0.05) is 12.1 Å². The number of fused-ring (bicyclic) bond motifs is 1. The summed E-state index contributed by atoms with van der Waals surface area (Å²) in [6, 6.07) is 8.01. The third-order valence-electron chi connectivity index (χ3n) is 4.72. The van der Waals surface area contributed by atoms with Crippen LogP contribution >= 0.6 is 42.7 Å². The molecular weight excluding hydrogens is 453 g/mol. The van der Waals surface area contributed by atoms with Crippen LogP contribution in [-0.2, 0) is 9.59 Å². The Bertz CT molecular complexity index is 966. The third-order valence-corrected chi connectivity index (χ3v) is 8.54. The van der Waals surface area contributed by atoms with E-state index in [0.717, 1.165) is 21.1 Å². The molecule has 4 heterocycles. The topological polar surface area (TPSA) is 40.6 Å². The number of hydrogen-bond acceptors (Lipinski definition) is 4. The molecule has 0 saturated carbocycles. The molecule has 0 aromatic carbocycles. The minimum absolute atomic E-state index is 0.0287. The number of amides is 2. The highest BCUT2D eigenvalue weighted by molar-refractivity contribution is 8.32. The maximum absolute atomic E-state index is 13.8. The van der Waals surface area contributed by atoms with Crippen molar-refractivity contribution in [1.29, 1.82) is 0 Å². The number of nitrogens with zero attached hydrogens (tertiary/aromatic N) is 2. The summed E-state index contributed by atoms with van der Waals surface area (Å²) in [7, 11) is -1.98. The van der Waals surface area contributed by atoms with Crippen LogP contribution in [0.1, 0.15) is 9.75 Å². The molecule has 0 spiro atoms. The lowest BCUT2D eigenvalue weighted by Gasteiger charge is -2.34. The molecule has 0 N–H and O–H groups in total. The van der Waals surface area contributed by atoms with Crippen LogP contribution < -0.4 is 0 Å². The van der Waals surface area contributed by atoms with E-state index in [1.54, 1.807) is 22.7 Å². The Balaban J connectivity index is 1.97. The van der Waals surface area contributed by atoms with E-state index < -0.39 is 20.1 Å². The van der Waals surface area contributed by atoms with Crippen molar-refractivity contribution in [2.75, 3.05) is 49.3 Å². The molecule has 4 rings (SSSR count). The molecule has 162 valence electrons. The Morgan fingerprint density at radius 2 is 1.07 bits per heavy atom. The molecule has 0 unspecified atom stereocenters. The smallest absolute Gasteiger partial charge is 0.262 e. The minimum atomic E-state index is -0.992. The van der Waals surface area contributed by atoms with Gasteiger partial charge >= 0.3 is 0 Å². The second kappa shape index (κ2) is 7.58. The molecule has 2 amide bonds. The van der Waals surface area contributed by atoms with Gasteiger partial charge in [-0.15, -0.1) is 22.7 Å². The van der Waals surface area contributed by atoms with Gasteiger partial charge in [-0.3, -0.25) is 19.4 Å². The van der Waals surface area contributed by atoms with Crippen LogP contribution in [0.15, 0.2) is 46.2 Å². The van der Waals surface area contributed by atoms with Crippen molar-refractivity contribution in [3.63, 3.8) is 0 Å². The van der Waals surface area contributed by atoms with Crippen molar-refractivity contribution < 1.29 is 9.59 Å². The highest BCUT2D eigenvalue weighted by Crippen LogP contribution is 2.52. The summed E-state index contributed by atoms with van der Waals surface area (Å²) in [6.45, 7) is 0. The largest absolute Gasteiger partial charge is 0.298 e. The van der Waals surface area contributed by atoms with Gasteiger partial charge < -0.3 is 0 Å². The van der Waals surface area contributed by atoms with E-state index in [9.17, 15) is 9.59 Å². The van der Waals surface area contributed by atoms with Gasteiger partial charge in [0.25, 0.3) is 11.8 Å². The van der Waals surface area contributed by atoms with Gasteiger partial charge in [0, 0.05) is 0 Å². The number of carbonyl (C=O) groups is 2. The summed E-state index contributed by atoms with van der Waals surface area (Å²) >= 11 is 3.18. The summed E-state index contributed by atoms with van der Waals surface area (Å²) in [5, 5.41) is 4.02. The normalized spacial score (nSPS) is 18.7. The standard InChI is InChI=1S/C22H28N2O2S4/c1-29(2,3)13-23-19(15-9-7-11-27-15)17-18(21(23)25)20(16-10-8-12-28-16)24(22(17)26)14-30(4,5)6/h7-12H,13-14H2,1-6H3. The van der Waals surface area contributed by atoms with Crippen LogP contribution in [-0.4, -0.2) is 70.9 Å². The SMILES string of the molecule is CS(C)(C)CN1C(=O)C2=C(c3cccs3)N(CS(C)(C)C)C(=O)C2=C1c1cccs1. The lowest BCUT2D eigenvalue weighted by atomic mass is 10.1. The van der Waals surface area contributed by atoms with E-state index in [0.29, 0.717) is 22.9 Å². The molecule has 0 bridgehead atoms. The number of rotatable bonds is 6. The van der Waals surface area contributed by atoms with Gasteiger partial charge in [0.15, 0.2) is 0 Å². The molecule has 0 radical (unpaired) electrons. The molecule has 30 heavy (non-hydrogen) atoms. The van der Waals surface area contributed by atoms with Crippen LogP contribution in [0.5, 0.6) is 0 Å². The quantitative estimate of drug-likeness (QED) is 0.589. The molecular formula is C22H28N2O2S4. The van der Waals surface area contributed by atoms with Crippen molar-refractivity contribution >= 4 is 65.9 Å². The highest BCUT2D eigenvalue weighted by atomic mass is 32.3. The Hall–Kier alpha value is -1.48. The molecule has 0 fully saturated rings. The molecule has 0 aliphatic carbocycles. The summed E-state index contributed by atoms with van der Waals surface area (Å²) in [5.74, 6) is 1.25. The van der Waals surface area contributed by atoms with Crippen molar-refractivity contribution in [2.45, 2.75) is 0 Å².